The Balaban J connectivity index is 3.69. The second-order valence-electron chi connectivity index (χ2n) is 3.36. The van der Waals surface area contributed by atoms with E-state index >= 15 is 0 Å². The maximum atomic E-state index is 9.98. The summed E-state index contributed by atoms with van der Waals surface area (Å²) in [5.41, 5.74) is 0. The van der Waals surface area contributed by atoms with Crippen LogP contribution in [0.25, 0.3) is 0 Å². The fourth-order valence-corrected chi connectivity index (χ4v) is 1.54. The molecule has 12 heavy (non-hydrogen) atoms. The maximum Gasteiger partial charge on any atom is 0.293 e. The van der Waals surface area contributed by atoms with Gasteiger partial charge in [0.05, 0.1) is 6.61 Å². The molecule has 0 N–H and O–H groups in total. The second kappa shape index (κ2) is 7.14. The normalized spacial score (nSPS) is 15.2. The van der Waals surface area contributed by atoms with Crippen LogP contribution in [0, 0.1) is 11.8 Å². The van der Waals surface area contributed by atoms with Crippen LogP contribution < -0.4 is 0 Å². The van der Waals surface area contributed by atoms with E-state index in [1.165, 1.54) is 12.8 Å². The van der Waals surface area contributed by atoms with E-state index in [-0.39, 0.29) is 0 Å². The van der Waals surface area contributed by atoms with Gasteiger partial charge in [-0.3, -0.25) is 4.79 Å². The van der Waals surface area contributed by atoms with Crippen LogP contribution in [0.15, 0.2) is 0 Å². The Hall–Kier alpha value is -0.530. The van der Waals surface area contributed by atoms with Gasteiger partial charge in [-0.2, -0.15) is 0 Å². The highest BCUT2D eigenvalue weighted by molar-refractivity contribution is 5.36. The summed E-state index contributed by atoms with van der Waals surface area (Å²) >= 11 is 0. The first kappa shape index (κ1) is 11.5. The first-order valence-electron chi connectivity index (χ1n) is 4.81. The number of ether oxygens (including phenoxy) is 1. The Labute approximate surface area is 75.3 Å². The molecule has 0 heterocycles. The predicted octanol–water partition coefficient (Wildman–Crippen LogP) is 2.62. The van der Waals surface area contributed by atoms with Crippen molar-refractivity contribution in [2.24, 2.45) is 11.8 Å². The van der Waals surface area contributed by atoms with Crippen molar-refractivity contribution in [1.29, 1.82) is 0 Å². The molecule has 0 fully saturated rings. The Morgan fingerprint density at radius 1 is 1.42 bits per heavy atom. The quantitative estimate of drug-likeness (QED) is 0.552. The molecule has 0 aliphatic rings. The molecule has 2 heteroatoms. The summed E-state index contributed by atoms with van der Waals surface area (Å²) in [5.74, 6) is 1.20. The standard InChI is InChI=1S/C10H20O2/c1-4-6-9(3)10(5-2)7-12-8-11/h8-10H,4-7H2,1-3H3. The summed E-state index contributed by atoms with van der Waals surface area (Å²) in [6.07, 6.45) is 3.52. The van der Waals surface area contributed by atoms with E-state index < -0.39 is 0 Å². The van der Waals surface area contributed by atoms with Crippen LogP contribution in [0.4, 0.5) is 0 Å². The van der Waals surface area contributed by atoms with E-state index in [1.807, 2.05) is 0 Å². The molecule has 0 aliphatic heterocycles. The number of carbonyl (C=O) groups excluding carboxylic acids is 1. The number of hydrogen-bond donors (Lipinski definition) is 0. The van der Waals surface area contributed by atoms with Crippen molar-refractivity contribution in [2.75, 3.05) is 6.61 Å². The fraction of sp³-hybridized carbons (Fsp3) is 0.900. The predicted molar refractivity (Wildman–Crippen MR) is 49.9 cm³/mol. The van der Waals surface area contributed by atoms with Gasteiger partial charge in [-0.15, -0.1) is 0 Å². The average Bonchev–Trinajstić information content (AvgIpc) is 2.06. The van der Waals surface area contributed by atoms with E-state index in [1.54, 1.807) is 0 Å². The van der Waals surface area contributed by atoms with Gasteiger partial charge in [0.1, 0.15) is 0 Å². The maximum absolute atomic E-state index is 9.98. The molecule has 0 aromatic heterocycles. The van der Waals surface area contributed by atoms with Crippen LogP contribution in [0.3, 0.4) is 0 Å². The summed E-state index contributed by atoms with van der Waals surface area (Å²) in [5, 5.41) is 0. The number of hydrogen-bond acceptors (Lipinski definition) is 2. The molecule has 0 aliphatic carbocycles. The van der Waals surface area contributed by atoms with Gasteiger partial charge in [0.15, 0.2) is 0 Å². The molecule has 2 unspecified atom stereocenters. The topological polar surface area (TPSA) is 26.3 Å². The van der Waals surface area contributed by atoms with Crippen molar-refractivity contribution in [3.05, 3.63) is 0 Å². The molecule has 2 nitrogen and oxygen atoms in total. The highest BCUT2D eigenvalue weighted by Crippen LogP contribution is 2.20. The molecule has 72 valence electrons. The van der Waals surface area contributed by atoms with E-state index in [2.05, 4.69) is 20.8 Å². The third-order valence-corrected chi connectivity index (χ3v) is 2.45. The molecular formula is C10H20O2. The highest BCUT2D eigenvalue weighted by Gasteiger charge is 2.14. The lowest BCUT2D eigenvalue weighted by atomic mass is 9.89. The molecule has 0 amide bonds. The Morgan fingerprint density at radius 3 is 2.50 bits per heavy atom. The summed E-state index contributed by atoms with van der Waals surface area (Å²) in [7, 11) is 0. The van der Waals surface area contributed by atoms with Crippen molar-refractivity contribution >= 4 is 6.47 Å². The Bertz CT molecular complexity index is 112. The molecule has 0 bridgehead atoms. The lowest BCUT2D eigenvalue weighted by Crippen LogP contribution is -2.16. The zero-order valence-corrected chi connectivity index (χ0v) is 8.38. The van der Waals surface area contributed by atoms with Crippen molar-refractivity contribution in [3.63, 3.8) is 0 Å². The first-order chi connectivity index (χ1) is 5.76. The van der Waals surface area contributed by atoms with Crippen molar-refractivity contribution < 1.29 is 9.53 Å². The Morgan fingerprint density at radius 2 is 2.08 bits per heavy atom. The summed E-state index contributed by atoms with van der Waals surface area (Å²) < 4.78 is 4.77. The first-order valence-corrected chi connectivity index (χ1v) is 4.81. The third kappa shape index (κ3) is 4.37. The Kier molecular flexibility index (Phi) is 6.82. The van der Waals surface area contributed by atoms with Gasteiger partial charge in [0, 0.05) is 0 Å². The summed E-state index contributed by atoms with van der Waals surface area (Å²) in [4.78, 5) is 9.98. The molecular weight excluding hydrogens is 152 g/mol. The minimum absolute atomic E-state index is 0.537. The average molecular weight is 172 g/mol. The van der Waals surface area contributed by atoms with Gasteiger partial charge < -0.3 is 4.74 Å². The van der Waals surface area contributed by atoms with E-state index in [0.717, 1.165) is 6.42 Å². The van der Waals surface area contributed by atoms with Crippen molar-refractivity contribution in [2.45, 2.75) is 40.0 Å². The molecule has 0 radical (unpaired) electrons. The van der Waals surface area contributed by atoms with Crippen LogP contribution in [-0.4, -0.2) is 13.1 Å². The van der Waals surface area contributed by atoms with Crippen LogP contribution in [-0.2, 0) is 9.53 Å². The smallest absolute Gasteiger partial charge is 0.293 e. The highest BCUT2D eigenvalue weighted by atomic mass is 16.5. The summed E-state index contributed by atoms with van der Waals surface area (Å²) in [6, 6.07) is 0. The second-order valence-corrected chi connectivity index (χ2v) is 3.36. The summed E-state index contributed by atoms with van der Waals surface area (Å²) in [6.45, 7) is 7.68. The number of carbonyl (C=O) groups is 1. The van der Waals surface area contributed by atoms with Gasteiger partial charge in [-0.1, -0.05) is 33.6 Å². The SMILES string of the molecule is CCCC(C)C(CC)COC=O. The van der Waals surface area contributed by atoms with Crippen molar-refractivity contribution in [1.82, 2.24) is 0 Å². The van der Waals surface area contributed by atoms with Gasteiger partial charge >= 0.3 is 0 Å². The molecule has 0 saturated carbocycles. The zero-order chi connectivity index (χ0) is 9.40. The monoisotopic (exact) mass is 172 g/mol. The largest absolute Gasteiger partial charge is 0.468 e. The lowest BCUT2D eigenvalue weighted by Gasteiger charge is -2.20. The molecule has 0 aromatic carbocycles. The van der Waals surface area contributed by atoms with E-state index in [4.69, 9.17) is 4.74 Å². The van der Waals surface area contributed by atoms with E-state index in [9.17, 15) is 4.79 Å². The van der Waals surface area contributed by atoms with Gasteiger partial charge in [-0.05, 0) is 18.3 Å². The number of rotatable bonds is 7. The molecule has 0 aromatic rings. The zero-order valence-electron chi connectivity index (χ0n) is 8.38. The van der Waals surface area contributed by atoms with Crippen LogP contribution >= 0.6 is 0 Å². The van der Waals surface area contributed by atoms with Crippen molar-refractivity contribution in [3.8, 4) is 0 Å². The van der Waals surface area contributed by atoms with Crippen LogP contribution in [0.1, 0.15) is 40.0 Å². The molecule has 0 saturated heterocycles. The van der Waals surface area contributed by atoms with Crippen LogP contribution in [0.2, 0.25) is 0 Å². The van der Waals surface area contributed by atoms with Gasteiger partial charge in [0.2, 0.25) is 0 Å². The van der Waals surface area contributed by atoms with Gasteiger partial charge in [-0.25, -0.2) is 0 Å². The van der Waals surface area contributed by atoms with E-state index in [0.29, 0.717) is 24.9 Å². The minimum atomic E-state index is 0.537. The molecule has 0 spiro atoms. The van der Waals surface area contributed by atoms with Gasteiger partial charge in [0.25, 0.3) is 6.47 Å². The molecule has 2 atom stereocenters. The third-order valence-electron chi connectivity index (χ3n) is 2.45. The minimum Gasteiger partial charge on any atom is -0.468 e. The fourth-order valence-electron chi connectivity index (χ4n) is 1.54. The van der Waals surface area contributed by atoms with Crippen LogP contribution in [0.5, 0.6) is 0 Å². The lowest BCUT2D eigenvalue weighted by molar-refractivity contribution is -0.130. The molecule has 0 rings (SSSR count).